The molecule has 162 valence electrons. The fourth-order valence-electron chi connectivity index (χ4n) is 2.87. The van der Waals surface area contributed by atoms with Gasteiger partial charge in [0.2, 0.25) is 0 Å². The Morgan fingerprint density at radius 2 is 1.42 bits per heavy atom. The molecule has 0 atom stereocenters. The lowest BCUT2D eigenvalue weighted by Gasteiger charge is -2.11. The van der Waals surface area contributed by atoms with Crippen LogP contribution in [0.1, 0.15) is 16.7 Å². The molecule has 3 aromatic rings. The first-order valence-electron chi connectivity index (χ1n) is 9.65. The SMILES string of the molecule is COc1ccc(CN/N=C/c2ccc(OCc3ccc(Br)cc3)c(OC)c2)cc1OC. The number of nitrogens with zero attached hydrogens (tertiary/aromatic N) is 1. The Labute approximate surface area is 190 Å². The number of rotatable bonds is 10. The molecule has 1 N–H and O–H groups in total. The Kier molecular flexibility index (Phi) is 8.18. The third-order valence-electron chi connectivity index (χ3n) is 4.53. The predicted octanol–water partition coefficient (Wildman–Crippen LogP) is 5.18. The molecule has 0 saturated carbocycles. The molecule has 3 rings (SSSR count). The van der Waals surface area contributed by atoms with E-state index in [-0.39, 0.29) is 0 Å². The van der Waals surface area contributed by atoms with Crippen molar-refractivity contribution >= 4 is 22.1 Å². The number of nitrogens with one attached hydrogen (secondary N) is 1. The van der Waals surface area contributed by atoms with Crippen molar-refractivity contribution in [2.75, 3.05) is 21.3 Å². The standard InChI is InChI=1S/C24H25BrN2O4/c1-28-21-10-6-18(12-23(21)29-2)14-26-27-15-19-7-11-22(24(13-19)30-3)31-16-17-4-8-20(25)9-5-17/h4-13,15,26H,14,16H2,1-3H3/b27-15+. The van der Waals surface area contributed by atoms with Crippen LogP contribution in [0.3, 0.4) is 0 Å². The molecule has 6 nitrogen and oxygen atoms in total. The maximum absolute atomic E-state index is 5.91. The monoisotopic (exact) mass is 484 g/mol. The number of benzene rings is 3. The highest BCUT2D eigenvalue weighted by molar-refractivity contribution is 9.10. The molecule has 3 aromatic carbocycles. The van der Waals surface area contributed by atoms with Gasteiger partial charge in [0.25, 0.3) is 0 Å². The van der Waals surface area contributed by atoms with Gasteiger partial charge in [-0.15, -0.1) is 0 Å². The van der Waals surface area contributed by atoms with E-state index in [2.05, 4.69) is 26.5 Å². The van der Waals surface area contributed by atoms with E-state index in [4.69, 9.17) is 18.9 Å². The summed E-state index contributed by atoms with van der Waals surface area (Å²) in [6, 6.07) is 19.5. The summed E-state index contributed by atoms with van der Waals surface area (Å²) in [6.45, 7) is 1.02. The van der Waals surface area contributed by atoms with Gasteiger partial charge in [-0.3, -0.25) is 0 Å². The molecule has 0 aromatic heterocycles. The second kappa shape index (κ2) is 11.3. The Balaban J connectivity index is 1.57. The molecule has 0 aliphatic carbocycles. The van der Waals surface area contributed by atoms with Gasteiger partial charge >= 0.3 is 0 Å². The van der Waals surface area contributed by atoms with Crippen LogP contribution in [0.25, 0.3) is 0 Å². The van der Waals surface area contributed by atoms with Gasteiger partial charge < -0.3 is 24.4 Å². The molecule has 0 spiro atoms. The van der Waals surface area contributed by atoms with E-state index < -0.39 is 0 Å². The van der Waals surface area contributed by atoms with Crippen molar-refractivity contribution in [3.63, 3.8) is 0 Å². The van der Waals surface area contributed by atoms with Crippen molar-refractivity contribution in [3.8, 4) is 23.0 Å². The van der Waals surface area contributed by atoms with Crippen LogP contribution in [0.4, 0.5) is 0 Å². The average molecular weight is 485 g/mol. The van der Waals surface area contributed by atoms with Crippen molar-refractivity contribution in [2.24, 2.45) is 5.10 Å². The third-order valence-corrected chi connectivity index (χ3v) is 5.06. The Morgan fingerprint density at radius 1 is 0.774 bits per heavy atom. The van der Waals surface area contributed by atoms with Crippen molar-refractivity contribution in [1.82, 2.24) is 5.43 Å². The molecule has 0 aliphatic heterocycles. The zero-order chi connectivity index (χ0) is 22.1. The lowest BCUT2D eigenvalue weighted by Crippen LogP contribution is -2.06. The summed E-state index contributed by atoms with van der Waals surface area (Å²) in [5.74, 6) is 2.72. The van der Waals surface area contributed by atoms with Crippen LogP contribution in [-0.4, -0.2) is 27.5 Å². The Hall–Kier alpha value is -3.19. The van der Waals surface area contributed by atoms with Gasteiger partial charge in [0.15, 0.2) is 23.0 Å². The molecule has 0 radical (unpaired) electrons. The third kappa shape index (κ3) is 6.39. The topological polar surface area (TPSA) is 61.3 Å². The number of ether oxygens (including phenoxy) is 4. The molecule has 7 heteroatoms. The highest BCUT2D eigenvalue weighted by atomic mass is 79.9. The van der Waals surface area contributed by atoms with Crippen LogP contribution < -0.4 is 24.4 Å². The van der Waals surface area contributed by atoms with E-state index in [9.17, 15) is 0 Å². The van der Waals surface area contributed by atoms with Crippen molar-refractivity contribution in [1.29, 1.82) is 0 Å². The molecule has 0 heterocycles. The lowest BCUT2D eigenvalue weighted by atomic mass is 10.2. The normalized spacial score (nSPS) is 10.7. The van der Waals surface area contributed by atoms with E-state index in [1.165, 1.54) is 0 Å². The Bertz CT molecular complexity index is 1020. The molecule has 0 saturated heterocycles. The van der Waals surface area contributed by atoms with Crippen molar-refractivity contribution < 1.29 is 18.9 Å². The predicted molar refractivity (Wildman–Crippen MR) is 125 cm³/mol. The van der Waals surface area contributed by atoms with E-state index >= 15 is 0 Å². The summed E-state index contributed by atoms with van der Waals surface area (Å²) in [6.07, 6.45) is 1.74. The van der Waals surface area contributed by atoms with Crippen LogP contribution in [0.5, 0.6) is 23.0 Å². The highest BCUT2D eigenvalue weighted by Crippen LogP contribution is 2.29. The smallest absolute Gasteiger partial charge is 0.161 e. The fourth-order valence-corrected chi connectivity index (χ4v) is 3.14. The van der Waals surface area contributed by atoms with Crippen LogP contribution >= 0.6 is 15.9 Å². The maximum atomic E-state index is 5.91. The van der Waals surface area contributed by atoms with Crippen molar-refractivity contribution in [2.45, 2.75) is 13.2 Å². The van der Waals surface area contributed by atoms with Gasteiger partial charge in [-0.1, -0.05) is 34.1 Å². The summed E-state index contributed by atoms with van der Waals surface area (Å²) >= 11 is 3.43. The summed E-state index contributed by atoms with van der Waals surface area (Å²) in [7, 11) is 4.86. The minimum Gasteiger partial charge on any atom is -0.493 e. The first-order chi connectivity index (χ1) is 15.1. The molecule has 31 heavy (non-hydrogen) atoms. The fraction of sp³-hybridized carbons (Fsp3) is 0.208. The molecular weight excluding hydrogens is 460 g/mol. The van der Waals surface area contributed by atoms with Gasteiger partial charge in [0, 0.05) is 4.47 Å². The average Bonchev–Trinajstić information content (AvgIpc) is 2.81. The van der Waals surface area contributed by atoms with Crippen LogP contribution in [0.15, 0.2) is 70.2 Å². The van der Waals surface area contributed by atoms with E-state index in [1.807, 2.05) is 60.7 Å². The molecule has 0 unspecified atom stereocenters. The molecule has 0 aliphatic rings. The quantitative estimate of drug-likeness (QED) is 0.317. The summed E-state index contributed by atoms with van der Waals surface area (Å²) in [5.41, 5.74) is 6.05. The number of halogens is 1. The van der Waals surface area contributed by atoms with Crippen molar-refractivity contribution in [3.05, 3.63) is 81.8 Å². The summed E-state index contributed by atoms with van der Waals surface area (Å²) in [5, 5.41) is 4.29. The van der Waals surface area contributed by atoms with Crippen LogP contribution in [-0.2, 0) is 13.2 Å². The maximum Gasteiger partial charge on any atom is 0.161 e. The van der Waals surface area contributed by atoms with Crippen LogP contribution in [0.2, 0.25) is 0 Å². The molecule has 0 amide bonds. The zero-order valence-corrected chi connectivity index (χ0v) is 19.3. The van der Waals surface area contributed by atoms with E-state index in [0.717, 1.165) is 21.2 Å². The first-order valence-corrected chi connectivity index (χ1v) is 10.4. The lowest BCUT2D eigenvalue weighted by molar-refractivity contribution is 0.284. The van der Waals surface area contributed by atoms with Gasteiger partial charge in [-0.2, -0.15) is 5.10 Å². The summed E-state index contributed by atoms with van der Waals surface area (Å²) in [4.78, 5) is 0. The number of hydrogen-bond donors (Lipinski definition) is 1. The minimum absolute atomic E-state index is 0.462. The zero-order valence-electron chi connectivity index (χ0n) is 17.7. The molecule has 0 fully saturated rings. The second-order valence-corrected chi connectivity index (χ2v) is 7.52. The summed E-state index contributed by atoms with van der Waals surface area (Å²) < 4.78 is 23.0. The number of hydrogen-bond acceptors (Lipinski definition) is 6. The van der Waals surface area contributed by atoms with Gasteiger partial charge in [-0.25, -0.2) is 0 Å². The first kappa shape index (κ1) is 22.5. The van der Waals surface area contributed by atoms with Gasteiger partial charge in [0.05, 0.1) is 34.1 Å². The Morgan fingerprint density at radius 3 is 2.13 bits per heavy atom. The highest BCUT2D eigenvalue weighted by Gasteiger charge is 2.06. The number of methoxy groups -OCH3 is 3. The van der Waals surface area contributed by atoms with Gasteiger partial charge in [-0.05, 0) is 59.2 Å². The largest absolute Gasteiger partial charge is 0.493 e. The van der Waals surface area contributed by atoms with Crippen LogP contribution in [0, 0.1) is 0 Å². The van der Waals surface area contributed by atoms with E-state index in [1.54, 1.807) is 27.5 Å². The van der Waals surface area contributed by atoms with E-state index in [0.29, 0.717) is 36.1 Å². The second-order valence-electron chi connectivity index (χ2n) is 6.61. The molecular formula is C24H25BrN2O4. The number of hydrazone groups is 1. The van der Waals surface area contributed by atoms with Gasteiger partial charge in [0.1, 0.15) is 6.61 Å². The molecule has 0 bridgehead atoms. The minimum atomic E-state index is 0.462.